The fourth-order valence-corrected chi connectivity index (χ4v) is 3.44. The molecule has 2 heterocycles. The van der Waals surface area contributed by atoms with E-state index in [1.165, 1.54) is 19.3 Å². The molecule has 162 valence electrons. The Bertz CT molecular complexity index is 802. The van der Waals surface area contributed by atoms with Gasteiger partial charge in [-0.15, -0.1) is 0 Å². The fraction of sp³-hybridized carbons (Fsp3) is 0.500. The van der Waals surface area contributed by atoms with E-state index in [2.05, 4.69) is 15.4 Å². The summed E-state index contributed by atoms with van der Waals surface area (Å²) in [7, 11) is 0. The third-order valence-electron chi connectivity index (χ3n) is 5.05. The minimum absolute atomic E-state index is 0.0483. The number of carbonyl (C=O) groups excluding carboxylic acids is 2. The van der Waals surface area contributed by atoms with Crippen LogP contribution in [0.5, 0.6) is 0 Å². The standard InChI is InChI=1S/C22H30N4O4/c1-18-14-20(24-30-18)23-21(27)15-26(13-12-25-10-6-3-7-11-25)22(28)17-29-16-19-8-4-2-5-9-19/h2,4-5,8-9,14H,3,6-7,10-13,15-17H2,1H3,(H,23,24,27). The maximum Gasteiger partial charge on any atom is 0.249 e. The van der Waals surface area contributed by atoms with Gasteiger partial charge in [0.2, 0.25) is 11.8 Å². The van der Waals surface area contributed by atoms with Crippen LogP contribution < -0.4 is 5.32 Å². The van der Waals surface area contributed by atoms with Crippen LogP contribution in [-0.4, -0.2) is 66.1 Å². The van der Waals surface area contributed by atoms with E-state index in [4.69, 9.17) is 9.26 Å². The lowest BCUT2D eigenvalue weighted by Crippen LogP contribution is -2.45. The molecule has 8 nitrogen and oxygen atoms in total. The van der Waals surface area contributed by atoms with E-state index in [0.29, 0.717) is 24.7 Å². The molecule has 1 aliphatic rings. The Balaban J connectivity index is 1.52. The van der Waals surface area contributed by atoms with E-state index in [9.17, 15) is 9.59 Å². The number of carbonyl (C=O) groups is 2. The number of rotatable bonds is 10. The lowest BCUT2D eigenvalue weighted by atomic mass is 10.1. The number of benzene rings is 1. The zero-order valence-corrected chi connectivity index (χ0v) is 17.5. The normalized spacial score (nSPS) is 14.4. The van der Waals surface area contributed by atoms with Crippen LogP contribution in [0.1, 0.15) is 30.6 Å². The summed E-state index contributed by atoms with van der Waals surface area (Å²) in [5, 5.41) is 6.44. The largest absolute Gasteiger partial charge is 0.367 e. The van der Waals surface area contributed by atoms with Crippen LogP contribution in [0.3, 0.4) is 0 Å². The van der Waals surface area contributed by atoms with Gasteiger partial charge in [-0.05, 0) is 38.4 Å². The number of aromatic nitrogens is 1. The summed E-state index contributed by atoms with van der Waals surface area (Å²) >= 11 is 0. The first kappa shape index (κ1) is 22.0. The average molecular weight is 415 g/mol. The zero-order chi connectivity index (χ0) is 21.2. The lowest BCUT2D eigenvalue weighted by molar-refractivity contribution is -0.139. The number of piperidine rings is 1. The Hall–Kier alpha value is -2.71. The predicted molar refractivity (Wildman–Crippen MR) is 113 cm³/mol. The molecule has 2 amide bonds. The lowest BCUT2D eigenvalue weighted by Gasteiger charge is -2.29. The maximum atomic E-state index is 12.8. The topological polar surface area (TPSA) is 87.9 Å². The summed E-state index contributed by atoms with van der Waals surface area (Å²) in [6, 6.07) is 11.3. The Morgan fingerprint density at radius 3 is 2.67 bits per heavy atom. The van der Waals surface area contributed by atoms with E-state index in [-0.39, 0.29) is 25.0 Å². The molecule has 2 aromatic rings. The molecule has 30 heavy (non-hydrogen) atoms. The summed E-state index contributed by atoms with van der Waals surface area (Å²) in [5.74, 6) is 0.451. The van der Waals surface area contributed by atoms with Crippen molar-refractivity contribution in [2.24, 2.45) is 0 Å². The zero-order valence-electron chi connectivity index (χ0n) is 17.5. The number of amides is 2. The van der Waals surface area contributed by atoms with Crippen LogP contribution in [0.15, 0.2) is 40.9 Å². The second-order valence-corrected chi connectivity index (χ2v) is 7.57. The van der Waals surface area contributed by atoms with Crippen LogP contribution >= 0.6 is 0 Å². The van der Waals surface area contributed by atoms with Crippen molar-refractivity contribution in [1.82, 2.24) is 15.0 Å². The van der Waals surface area contributed by atoms with Gasteiger partial charge in [0, 0.05) is 19.2 Å². The van der Waals surface area contributed by atoms with E-state index in [0.717, 1.165) is 25.2 Å². The average Bonchev–Trinajstić information content (AvgIpc) is 3.17. The highest BCUT2D eigenvalue weighted by molar-refractivity contribution is 5.93. The molecule has 1 aromatic heterocycles. The molecule has 1 fully saturated rings. The van der Waals surface area contributed by atoms with Gasteiger partial charge in [-0.1, -0.05) is 41.9 Å². The van der Waals surface area contributed by atoms with Crippen molar-refractivity contribution >= 4 is 17.6 Å². The van der Waals surface area contributed by atoms with Crippen LogP contribution in [-0.2, 0) is 20.9 Å². The number of anilines is 1. The fourth-order valence-electron chi connectivity index (χ4n) is 3.44. The van der Waals surface area contributed by atoms with E-state index in [1.54, 1.807) is 17.9 Å². The third kappa shape index (κ3) is 7.27. The van der Waals surface area contributed by atoms with Crippen molar-refractivity contribution in [1.29, 1.82) is 0 Å². The molecule has 0 radical (unpaired) electrons. The molecule has 1 saturated heterocycles. The van der Waals surface area contributed by atoms with E-state index >= 15 is 0 Å². The summed E-state index contributed by atoms with van der Waals surface area (Å²) in [6.45, 7) is 5.31. The molecule has 8 heteroatoms. The molecule has 1 N–H and O–H groups in total. The summed E-state index contributed by atoms with van der Waals surface area (Å²) in [6.07, 6.45) is 3.62. The molecule has 1 aliphatic heterocycles. The van der Waals surface area contributed by atoms with Crippen molar-refractivity contribution in [2.45, 2.75) is 32.8 Å². The first-order valence-corrected chi connectivity index (χ1v) is 10.4. The molecule has 0 unspecified atom stereocenters. The summed E-state index contributed by atoms with van der Waals surface area (Å²) in [5.41, 5.74) is 1.00. The van der Waals surface area contributed by atoms with Crippen molar-refractivity contribution in [3.8, 4) is 0 Å². The van der Waals surface area contributed by atoms with Gasteiger partial charge in [0.05, 0.1) is 6.61 Å². The Labute approximate surface area is 177 Å². The van der Waals surface area contributed by atoms with Gasteiger partial charge >= 0.3 is 0 Å². The first-order chi connectivity index (χ1) is 14.6. The number of aryl methyl sites for hydroxylation is 1. The molecular weight excluding hydrogens is 384 g/mol. The minimum Gasteiger partial charge on any atom is -0.367 e. The molecule has 0 spiro atoms. The second-order valence-electron chi connectivity index (χ2n) is 7.57. The Kier molecular flexibility index (Phi) is 8.41. The van der Waals surface area contributed by atoms with Gasteiger partial charge in [0.15, 0.2) is 5.82 Å². The SMILES string of the molecule is Cc1cc(NC(=O)CN(CCN2CCCCC2)C(=O)COCc2ccccc2)no1. The van der Waals surface area contributed by atoms with Gasteiger partial charge in [-0.25, -0.2) is 0 Å². The number of ether oxygens (including phenoxy) is 1. The predicted octanol–water partition coefficient (Wildman–Crippen LogP) is 2.45. The third-order valence-corrected chi connectivity index (χ3v) is 5.05. The number of nitrogens with one attached hydrogen (secondary N) is 1. The van der Waals surface area contributed by atoms with E-state index < -0.39 is 0 Å². The van der Waals surface area contributed by atoms with Crippen LogP contribution in [0, 0.1) is 6.92 Å². The molecule has 1 aromatic carbocycles. The molecule has 0 atom stereocenters. The first-order valence-electron chi connectivity index (χ1n) is 10.4. The number of nitrogens with zero attached hydrogens (tertiary/aromatic N) is 3. The molecule has 3 rings (SSSR count). The van der Waals surface area contributed by atoms with Gasteiger partial charge in [-0.2, -0.15) is 0 Å². The molecule has 0 aliphatic carbocycles. The quantitative estimate of drug-likeness (QED) is 0.643. The van der Waals surface area contributed by atoms with Crippen molar-refractivity contribution in [3.05, 3.63) is 47.7 Å². The summed E-state index contributed by atoms with van der Waals surface area (Å²) in [4.78, 5) is 29.1. The molecule has 0 saturated carbocycles. The highest BCUT2D eigenvalue weighted by Gasteiger charge is 2.20. The van der Waals surface area contributed by atoms with Crippen LogP contribution in [0.2, 0.25) is 0 Å². The van der Waals surface area contributed by atoms with Gasteiger partial charge in [-0.3, -0.25) is 9.59 Å². The molecule has 0 bridgehead atoms. The van der Waals surface area contributed by atoms with Crippen LogP contribution in [0.4, 0.5) is 5.82 Å². The monoisotopic (exact) mass is 414 g/mol. The number of hydrogen-bond acceptors (Lipinski definition) is 6. The van der Waals surface area contributed by atoms with Gasteiger partial charge < -0.3 is 24.4 Å². The molecular formula is C22H30N4O4. The van der Waals surface area contributed by atoms with Crippen molar-refractivity contribution < 1.29 is 18.8 Å². The smallest absolute Gasteiger partial charge is 0.249 e. The van der Waals surface area contributed by atoms with Crippen molar-refractivity contribution in [3.63, 3.8) is 0 Å². The second kappa shape index (κ2) is 11.5. The van der Waals surface area contributed by atoms with Crippen LogP contribution in [0.25, 0.3) is 0 Å². The maximum absolute atomic E-state index is 12.8. The van der Waals surface area contributed by atoms with E-state index in [1.807, 2.05) is 30.3 Å². The Morgan fingerprint density at radius 1 is 1.20 bits per heavy atom. The number of likely N-dealkylation sites (tertiary alicyclic amines) is 1. The summed E-state index contributed by atoms with van der Waals surface area (Å²) < 4.78 is 10.6. The van der Waals surface area contributed by atoms with Gasteiger partial charge in [0.25, 0.3) is 0 Å². The number of hydrogen-bond donors (Lipinski definition) is 1. The highest BCUT2D eigenvalue weighted by atomic mass is 16.5. The highest BCUT2D eigenvalue weighted by Crippen LogP contribution is 2.10. The van der Waals surface area contributed by atoms with Crippen molar-refractivity contribution in [2.75, 3.05) is 44.6 Å². The Morgan fingerprint density at radius 2 is 1.97 bits per heavy atom. The minimum atomic E-state index is -0.307. The van der Waals surface area contributed by atoms with Gasteiger partial charge in [0.1, 0.15) is 18.9 Å².